The third kappa shape index (κ3) is 2.77. The Balaban J connectivity index is 2.04. The van der Waals surface area contributed by atoms with Gasteiger partial charge in [-0.3, -0.25) is 4.79 Å². The lowest BCUT2D eigenvalue weighted by molar-refractivity contribution is -0.137. The van der Waals surface area contributed by atoms with Crippen molar-refractivity contribution in [3.05, 3.63) is 42.5 Å². The summed E-state index contributed by atoms with van der Waals surface area (Å²) in [6.45, 7) is 3.57. The third-order valence-electron chi connectivity index (χ3n) is 2.47. The van der Waals surface area contributed by atoms with Gasteiger partial charge in [0, 0.05) is 23.0 Å². The third-order valence-corrected chi connectivity index (χ3v) is 3.72. The Morgan fingerprint density at radius 1 is 1.53 bits per heavy atom. The van der Waals surface area contributed by atoms with Gasteiger partial charge in [0.1, 0.15) is 6.61 Å². The van der Waals surface area contributed by atoms with Gasteiger partial charge in [-0.15, -0.1) is 11.8 Å². The molecule has 0 radical (unpaired) electrons. The number of ether oxygens (including phenoxy) is 1. The number of carbonyl (C=O) groups is 2. The van der Waals surface area contributed by atoms with Gasteiger partial charge in [-0.05, 0) is 6.07 Å². The minimum atomic E-state index is -0.447. The maximum atomic E-state index is 11.8. The first-order valence-electron chi connectivity index (χ1n) is 5.29. The van der Waals surface area contributed by atoms with Crippen molar-refractivity contribution in [1.29, 1.82) is 0 Å². The van der Waals surface area contributed by atoms with E-state index in [2.05, 4.69) is 6.58 Å². The van der Waals surface area contributed by atoms with Crippen LogP contribution in [0.4, 0.5) is 0 Å². The Morgan fingerprint density at radius 2 is 2.29 bits per heavy atom. The fraction of sp³-hybridized carbons (Fsp3) is 0.231. The van der Waals surface area contributed by atoms with Crippen LogP contribution in [-0.4, -0.2) is 23.6 Å². The van der Waals surface area contributed by atoms with E-state index < -0.39 is 5.97 Å². The Hall–Kier alpha value is -1.55. The second-order valence-corrected chi connectivity index (χ2v) is 5.04. The summed E-state index contributed by atoms with van der Waals surface area (Å²) in [5.41, 5.74) is 0.767. The Morgan fingerprint density at radius 3 is 3.06 bits per heavy atom. The molecule has 2 rings (SSSR count). The lowest BCUT2D eigenvalue weighted by Gasteiger charge is -2.22. The minimum Gasteiger partial charge on any atom is -0.461 e. The van der Waals surface area contributed by atoms with E-state index in [9.17, 15) is 9.59 Å². The summed E-state index contributed by atoms with van der Waals surface area (Å²) in [7, 11) is 0. The van der Waals surface area contributed by atoms with Crippen LogP contribution in [-0.2, 0) is 9.53 Å². The van der Waals surface area contributed by atoms with Crippen LogP contribution in [0.15, 0.2) is 41.8 Å². The van der Waals surface area contributed by atoms with Gasteiger partial charge in [-0.1, -0.05) is 24.8 Å². The summed E-state index contributed by atoms with van der Waals surface area (Å²) in [5.74, 6) is -0.337. The smallest absolute Gasteiger partial charge is 0.330 e. The normalized spacial score (nSPS) is 18.4. The van der Waals surface area contributed by atoms with Crippen LogP contribution in [0.3, 0.4) is 0 Å². The maximum absolute atomic E-state index is 11.8. The number of esters is 1. The highest BCUT2D eigenvalue weighted by atomic mass is 32.2. The molecule has 0 spiro atoms. The summed E-state index contributed by atoms with van der Waals surface area (Å²) in [6, 6.07) is 7.50. The molecule has 17 heavy (non-hydrogen) atoms. The topological polar surface area (TPSA) is 43.4 Å². The van der Waals surface area contributed by atoms with Crippen molar-refractivity contribution in [2.75, 3.05) is 6.61 Å². The first-order chi connectivity index (χ1) is 8.20. The van der Waals surface area contributed by atoms with Crippen LogP contribution < -0.4 is 0 Å². The van der Waals surface area contributed by atoms with Gasteiger partial charge in [-0.2, -0.15) is 0 Å². The molecular formula is C13H12O3S. The number of hydrogen-bond donors (Lipinski definition) is 0. The molecule has 1 aromatic carbocycles. The number of thioether (sulfide) groups is 1. The van der Waals surface area contributed by atoms with Gasteiger partial charge in [0.25, 0.3) is 0 Å². The molecule has 0 aromatic heterocycles. The number of ketones is 1. The number of benzene rings is 1. The molecule has 3 nitrogen and oxygen atoms in total. The molecule has 0 N–H and O–H groups in total. The Kier molecular flexibility index (Phi) is 3.64. The fourth-order valence-electron chi connectivity index (χ4n) is 1.66. The van der Waals surface area contributed by atoms with Crippen molar-refractivity contribution in [1.82, 2.24) is 0 Å². The molecule has 4 heteroatoms. The lowest BCUT2D eigenvalue weighted by Crippen LogP contribution is -2.23. The van der Waals surface area contributed by atoms with Crippen LogP contribution >= 0.6 is 11.8 Å². The number of Topliss-reactive ketones (excluding diaryl/α,β-unsaturated/α-hetero) is 1. The van der Waals surface area contributed by atoms with Gasteiger partial charge < -0.3 is 4.74 Å². The van der Waals surface area contributed by atoms with E-state index in [0.29, 0.717) is 6.42 Å². The average molecular weight is 248 g/mol. The predicted molar refractivity (Wildman–Crippen MR) is 66.2 cm³/mol. The predicted octanol–water partition coefficient (Wildman–Crippen LogP) is 2.46. The molecule has 1 unspecified atom stereocenters. The first-order valence-corrected chi connectivity index (χ1v) is 6.16. The summed E-state index contributed by atoms with van der Waals surface area (Å²) in [4.78, 5) is 23.7. The van der Waals surface area contributed by atoms with Gasteiger partial charge in [0.15, 0.2) is 5.78 Å². The zero-order valence-corrected chi connectivity index (χ0v) is 10.0. The van der Waals surface area contributed by atoms with Crippen LogP contribution in [0.1, 0.15) is 16.8 Å². The molecule has 1 aliphatic heterocycles. The number of rotatable bonds is 3. The van der Waals surface area contributed by atoms with Crippen LogP contribution in [0.25, 0.3) is 0 Å². The van der Waals surface area contributed by atoms with Crippen LogP contribution in [0.2, 0.25) is 0 Å². The molecular weight excluding hydrogens is 236 g/mol. The molecule has 1 aliphatic rings. The molecule has 0 amide bonds. The van der Waals surface area contributed by atoms with E-state index in [1.807, 2.05) is 24.3 Å². The molecule has 88 valence electrons. The zero-order valence-electron chi connectivity index (χ0n) is 9.22. The second-order valence-electron chi connectivity index (χ2n) is 3.70. The highest BCUT2D eigenvalue weighted by Gasteiger charge is 2.26. The SMILES string of the molecule is C=CC(=O)OCC1CC(=O)c2ccccc2S1. The molecule has 0 bridgehead atoms. The van der Waals surface area contributed by atoms with Crippen LogP contribution in [0, 0.1) is 0 Å². The largest absolute Gasteiger partial charge is 0.461 e. The molecule has 1 atom stereocenters. The summed E-state index contributed by atoms with van der Waals surface area (Å²) in [5, 5.41) is 0.00120. The molecule has 0 saturated carbocycles. The molecule has 0 saturated heterocycles. The van der Waals surface area contributed by atoms with Gasteiger partial charge >= 0.3 is 5.97 Å². The zero-order chi connectivity index (χ0) is 12.3. The summed E-state index contributed by atoms with van der Waals surface area (Å²) >= 11 is 1.58. The van der Waals surface area contributed by atoms with Crippen LogP contribution in [0.5, 0.6) is 0 Å². The van der Waals surface area contributed by atoms with E-state index in [0.717, 1.165) is 16.5 Å². The van der Waals surface area contributed by atoms with E-state index in [1.54, 1.807) is 11.8 Å². The first kappa shape index (κ1) is 11.9. The molecule has 1 aromatic rings. The van der Waals surface area contributed by atoms with E-state index in [1.165, 1.54) is 0 Å². The Bertz CT molecular complexity index is 467. The second kappa shape index (κ2) is 5.19. The monoisotopic (exact) mass is 248 g/mol. The van der Waals surface area contributed by atoms with Crippen molar-refractivity contribution < 1.29 is 14.3 Å². The van der Waals surface area contributed by atoms with Gasteiger partial charge in [-0.25, -0.2) is 4.79 Å². The average Bonchev–Trinajstić information content (AvgIpc) is 2.36. The van der Waals surface area contributed by atoms with Crippen molar-refractivity contribution in [2.24, 2.45) is 0 Å². The fourth-order valence-corrected chi connectivity index (χ4v) is 2.86. The van der Waals surface area contributed by atoms with Crippen molar-refractivity contribution in [2.45, 2.75) is 16.6 Å². The number of hydrogen-bond acceptors (Lipinski definition) is 4. The standard InChI is InChI=1S/C13H12O3S/c1-2-13(15)16-8-9-7-11(14)10-5-3-4-6-12(10)17-9/h2-6,9H,1,7-8H2. The highest BCUT2D eigenvalue weighted by molar-refractivity contribution is 8.00. The summed E-state index contributed by atoms with van der Waals surface area (Å²) < 4.78 is 4.96. The van der Waals surface area contributed by atoms with Crippen molar-refractivity contribution in [3.63, 3.8) is 0 Å². The van der Waals surface area contributed by atoms with E-state index in [-0.39, 0.29) is 17.6 Å². The van der Waals surface area contributed by atoms with E-state index in [4.69, 9.17) is 4.74 Å². The summed E-state index contributed by atoms with van der Waals surface area (Å²) in [6.07, 6.45) is 1.54. The molecule has 0 fully saturated rings. The maximum Gasteiger partial charge on any atom is 0.330 e. The molecule has 1 heterocycles. The Labute approximate surface area is 104 Å². The lowest BCUT2D eigenvalue weighted by atomic mass is 10.1. The molecule has 0 aliphatic carbocycles. The highest BCUT2D eigenvalue weighted by Crippen LogP contribution is 2.35. The van der Waals surface area contributed by atoms with Crippen molar-refractivity contribution >= 4 is 23.5 Å². The number of carbonyl (C=O) groups excluding carboxylic acids is 2. The quantitative estimate of drug-likeness (QED) is 0.609. The van der Waals surface area contributed by atoms with E-state index >= 15 is 0 Å². The number of fused-ring (bicyclic) bond motifs is 1. The van der Waals surface area contributed by atoms with Gasteiger partial charge in [0.05, 0.1) is 5.25 Å². The van der Waals surface area contributed by atoms with Crippen molar-refractivity contribution in [3.8, 4) is 0 Å². The minimum absolute atomic E-state index is 0.00120. The van der Waals surface area contributed by atoms with Gasteiger partial charge in [0.2, 0.25) is 0 Å².